The third-order valence-corrected chi connectivity index (χ3v) is 5.85. The number of benzene rings is 1. The Morgan fingerprint density at radius 3 is 2.70 bits per heavy atom. The van der Waals surface area contributed by atoms with Crippen LogP contribution in [-0.2, 0) is 0 Å². The minimum absolute atomic E-state index is 0.0310. The van der Waals surface area contributed by atoms with Crippen molar-refractivity contribution in [2.75, 3.05) is 0 Å². The zero-order chi connectivity index (χ0) is 15.6. The van der Waals surface area contributed by atoms with Crippen LogP contribution >= 0.6 is 0 Å². The molecule has 2 nitrogen and oxygen atoms in total. The van der Waals surface area contributed by atoms with Crippen LogP contribution in [0, 0.1) is 11.8 Å². The highest BCUT2D eigenvalue weighted by Crippen LogP contribution is 2.48. The molecule has 4 rings (SSSR count). The second kappa shape index (κ2) is 6.35. The number of allylic oxidation sites excluding steroid dienone is 3. The first-order chi connectivity index (χ1) is 11.3. The zero-order valence-electron chi connectivity index (χ0n) is 13.7. The third kappa shape index (κ3) is 2.87. The predicted octanol–water partition coefficient (Wildman–Crippen LogP) is 4.99. The van der Waals surface area contributed by atoms with Crippen molar-refractivity contribution in [2.45, 2.75) is 51.4 Å². The van der Waals surface area contributed by atoms with Gasteiger partial charge in [-0.15, -0.1) is 0 Å². The molecule has 0 radical (unpaired) electrons. The molecule has 1 amide bonds. The van der Waals surface area contributed by atoms with Crippen LogP contribution < -0.4 is 5.32 Å². The molecule has 1 aromatic rings. The Morgan fingerprint density at radius 1 is 1.00 bits per heavy atom. The van der Waals surface area contributed by atoms with Gasteiger partial charge < -0.3 is 5.32 Å². The second-order valence-corrected chi connectivity index (χ2v) is 7.18. The van der Waals surface area contributed by atoms with Gasteiger partial charge in [0.15, 0.2) is 0 Å². The molecule has 3 aliphatic rings. The van der Waals surface area contributed by atoms with Crippen LogP contribution in [0.4, 0.5) is 0 Å². The number of rotatable bonds is 2. The highest BCUT2D eigenvalue weighted by Gasteiger charge is 2.36. The minimum Gasteiger partial charge on any atom is -0.322 e. The van der Waals surface area contributed by atoms with Crippen molar-refractivity contribution in [3.05, 3.63) is 58.8 Å². The molecule has 1 aromatic carbocycles. The Morgan fingerprint density at radius 2 is 1.83 bits per heavy atom. The van der Waals surface area contributed by atoms with Gasteiger partial charge in [-0.05, 0) is 68.1 Å². The summed E-state index contributed by atoms with van der Waals surface area (Å²) in [6, 6.07) is 9.57. The van der Waals surface area contributed by atoms with Gasteiger partial charge in [-0.25, -0.2) is 0 Å². The van der Waals surface area contributed by atoms with Gasteiger partial charge in [-0.3, -0.25) is 4.79 Å². The highest BCUT2D eigenvalue weighted by molar-refractivity contribution is 5.95. The van der Waals surface area contributed by atoms with E-state index in [0.717, 1.165) is 23.6 Å². The van der Waals surface area contributed by atoms with Crippen molar-refractivity contribution in [1.82, 2.24) is 5.32 Å². The van der Waals surface area contributed by atoms with Gasteiger partial charge in [0, 0.05) is 11.3 Å². The van der Waals surface area contributed by atoms with Crippen LogP contribution in [0.2, 0.25) is 0 Å². The van der Waals surface area contributed by atoms with Crippen LogP contribution in [0.3, 0.4) is 0 Å². The monoisotopic (exact) mass is 307 g/mol. The van der Waals surface area contributed by atoms with Crippen molar-refractivity contribution in [3.8, 4) is 0 Å². The van der Waals surface area contributed by atoms with Crippen LogP contribution in [0.1, 0.15) is 61.7 Å². The van der Waals surface area contributed by atoms with Crippen molar-refractivity contribution in [1.29, 1.82) is 0 Å². The number of nitrogens with one attached hydrogen (secondary N) is 1. The molecule has 0 unspecified atom stereocenters. The molecular formula is C21H25NO. The number of hydrogen-bond acceptors (Lipinski definition) is 1. The number of carbonyl (C=O) groups is 1. The largest absolute Gasteiger partial charge is 0.322 e. The summed E-state index contributed by atoms with van der Waals surface area (Å²) in [5.41, 5.74) is 5.00. The lowest BCUT2D eigenvalue weighted by Gasteiger charge is -2.41. The van der Waals surface area contributed by atoms with E-state index >= 15 is 0 Å². The average Bonchev–Trinajstić information content (AvgIpc) is 2.62. The summed E-state index contributed by atoms with van der Waals surface area (Å²) >= 11 is 0. The molecule has 0 aromatic heterocycles. The van der Waals surface area contributed by atoms with Crippen LogP contribution in [-0.4, -0.2) is 5.91 Å². The molecular weight excluding hydrogens is 282 g/mol. The van der Waals surface area contributed by atoms with Crippen molar-refractivity contribution < 1.29 is 4.79 Å². The number of hydrogen-bond donors (Lipinski definition) is 1. The van der Waals surface area contributed by atoms with Crippen LogP contribution in [0.5, 0.6) is 0 Å². The second-order valence-electron chi connectivity index (χ2n) is 7.18. The zero-order valence-corrected chi connectivity index (χ0v) is 13.7. The van der Waals surface area contributed by atoms with Crippen LogP contribution in [0.15, 0.2) is 53.3 Å². The van der Waals surface area contributed by atoms with E-state index in [0.29, 0.717) is 5.92 Å². The Hall–Kier alpha value is -1.83. The first-order valence-electron chi connectivity index (χ1n) is 9.12. The highest BCUT2D eigenvalue weighted by atomic mass is 16.1. The number of fused-ring (bicyclic) bond motifs is 2. The molecule has 1 fully saturated rings. The molecule has 0 heterocycles. The maximum atomic E-state index is 12.6. The summed E-state index contributed by atoms with van der Waals surface area (Å²) in [5.74, 6) is 1.57. The summed E-state index contributed by atoms with van der Waals surface area (Å²) < 4.78 is 0. The lowest BCUT2D eigenvalue weighted by molar-refractivity contribution is 0.0964. The summed E-state index contributed by atoms with van der Waals surface area (Å²) in [5, 5.41) is 3.23. The van der Waals surface area contributed by atoms with Crippen LogP contribution in [0.25, 0.3) is 0 Å². The quantitative estimate of drug-likeness (QED) is 0.819. The van der Waals surface area contributed by atoms with E-state index in [2.05, 4.69) is 11.4 Å². The molecule has 120 valence electrons. The van der Waals surface area contributed by atoms with Gasteiger partial charge >= 0.3 is 0 Å². The minimum atomic E-state index is 0.0310. The van der Waals surface area contributed by atoms with E-state index in [-0.39, 0.29) is 5.91 Å². The van der Waals surface area contributed by atoms with E-state index in [9.17, 15) is 4.79 Å². The molecule has 23 heavy (non-hydrogen) atoms. The standard InChI is InChI=1S/C21H25NO/c23-21(17-8-2-1-3-9-17)22-19-12-6-10-16-14-13-15-7-4-5-11-18(15)20(16)19/h1-3,8-9,12,15,18H,4-7,10-11,13-14H2,(H,22,23)/t15-,18-/m0/s1. The van der Waals surface area contributed by atoms with Crippen molar-refractivity contribution in [2.24, 2.45) is 11.8 Å². The summed E-state index contributed by atoms with van der Waals surface area (Å²) in [6.45, 7) is 0. The maximum absolute atomic E-state index is 12.6. The molecule has 3 aliphatic carbocycles. The molecule has 0 bridgehead atoms. The van der Waals surface area contributed by atoms with Gasteiger partial charge in [0.25, 0.3) is 5.91 Å². The van der Waals surface area contributed by atoms with Gasteiger partial charge in [-0.2, -0.15) is 0 Å². The molecule has 0 saturated heterocycles. The van der Waals surface area contributed by atoms with Crippen molar-refractivity contribution in [3.63, 3.8) is 0 Å². The molecule has 1 N–H and O–H groups in total. The molecule has 2 heteroatoms. The summed E-state index contributed by atoms with van der Waals surface area (Å²) in [4.78, 5) is 12.6. The molecule has 1 saturated carbocycles. The SMILES string of the molecule is O=C(NC1=CCCC2=C1[C@H]1CCCC[C@H]1CC2)c1ccccc1. The normalized spacial score (nSPS) is 26.9. The van der Waals surface area contributed by atoms with E-state index in [1.54, 1.807) is 5.57 Å². The Bertz CT molecular complexity index is 656. The fourth-order valence-corrected chi connectivity index (χ4v) is 4.74. The average molecular weight is 307 g/mol. The van der Waals surface area contributed by atoms with E-state index in [1.165, 1.54) is 50.5 Å². The summed E-state index contributed by atoms with van der Waals surface area (Å²) in [7, 11) is 0. The van der Waals surface area contributed by atoms with E-state index < -0.39 is 0 Å². The van der Waals surface area contributed by atoms with Gasteiger partial charge in [0.05, 0.1) is 0 Å². The van der Waals surface area contributed by atoms with E-state index in [4.69, 9.17) is 0 Å². The molecule has 0 spiro atoms. The Labute approximate surface area is 138 Å². The number of carbonyl (C=O) groups excluding carboxylic acids is 1. The Kier molecular flexibility index (Phi) is 4.07. The Balaban J connectivity index is 1.59. The maximum Gasteiger partial charge on any atom is 0.255 e. The summed E-state index contributed by atoms with van der Waals surface area (Å²) in [6.07, 6.45) is 12.6. The number of amides is 1. The first-order valence-corrected chi connectivity index (χ1v) is 9.12. The van der Waals surface area contributed by atoms with Gasteiger partial charge in [0.2, 0.25) is 0 Å². The predicted molar refractivity (Wildman–Crippen MR) is 92.9 cm³/mol. The van der Waals surface area contributed by atoms with Gasteiger partial charge in [-0.1, -0.05) is 42.7 Å². The third-order valence-electron chi connectivity index (χ3n) is 5.85. The fourth-order valence-electron chi connectivity index (χ4n) is 4.74. The van der Waals surface area contributed by atoms with Gasteiger partial charge in [0.1, 0.15) is 0 Å². The van der Waals surface area contributed by atoms with E-state index in [1.807, 2.05) is 30.3 Å². The molecule has 2 atom stereocenters. The molecule has 0 aliphatic heterocycles. The first kappa shape index (κ1) is 14.7. The lowest BCUT2D eigenvalue weighted by atomic mass is 9.65. The van der Waals surface area contributed by atoms with Crippen molar-refractivity contribution >= 4 is 5.91 Å². The topological polar surface area (TPSA) is 29.1 Å². The lowest BCUT2D eigenvalue weighted by Crippen LogP contribution is -2.33. The smallest absolute Gasteiger partial charge is 0.255 e. The fraction of sp³-hybridized carbons (Fsp3) is 0.476.